The molecule has 0 saturated carbocycles. The zero-order valence-electron chi connectivity index (χ0n) is 9.56. The third kappa shape index (κ3) is 2.28. The number of hydrogen-bond acceptors (Lipinski definition) is 4. The molecule has 17 heavy (non-hydrogen) atoms. The fraction of sp³-hybridized carbons (Fsp3) is 0.167. The molecule has 0 atom stereocenters. The number of nitrogens with one attached hydrogen (secondary N) is 1. The summed E-state index contributed by atoms with van der Waals surface area (Å²) in [5.41, 5.74) is 1.15. The molecule has 0 radical (unpaired) electrons. The average Bonchev–Trinajstić information content (AvgIpc) is 2.76. The maximum absolute atomic E-state index is 11.9. The van der Waals surface area contributed by atoms with Gasteiger partial charge in [-0.25, -0.2) is 4.98 Å². The van der Waals surface area contributed by atoms with Gasteiger partial charge in [0.25, 0.3) is 5.91 Å². The maximum Gasteiger partial charge on any atom is 0.293 e. The van der Waals surface area contributed by atoms with Crippen LogP contribution in [0.15, 0.2) is 35.1 Å². The summed E-state index contributed by atoms with van der Waals surface area (Å²) in [6.07, 6.45) is 1.24. The normalized spacial score (nSPS) is 10.0. The Kier molecular flexibility index (Phi) is 3.09. The number of aromatic nitrogens is 1. The lowest BCUT2D eigenvalue weighted by Crippen LogP contribution is -2.12. The van der Waals surface area contributed by atoms with Gasteiger partial charge in [-0.15, -0.1) is 0 Å². The molecular weight excluding hydrogens is 220 g/mol. The quantitative estimate of drug-likeness (QED) is 0.881. The van der Waals surface area contributed by atoms with Crippen LogP contribution in [0.4, 0.5) is 5.69 Å². The molecule has 0 bridgehead atoms. The molecule has 0 saturated heterocycles. The standard InChI is InChI=1S/C12H12N2O3/c1-8-11(17-7-13-8)12(15)14-9-5-3-4-6-10(9)16-2/h3-7H,1-2H3,(H,14,15). The number of oxazole rings is 1. The van der Waals surface area contributed by atoms with Gasteiger partial charge in [-0.3, -0.25) is 4.79 Å². The number of nitrogens with zero attached hydrogens (tertiary/aromatic N) is 1. The Bertz CT molecular complexity index is 534. The molecule has 2 rings (SSSR count). The van der Waals surface area contributed by atoms with Gasteiger partial charge in [-0.05, 0) is 19.1 Å². The summed E-state index contributed by atoms with van der Waals surface area (Å²) in [4.78, 5) is 15.7. The third-order valence-corrected chi connectivity index (χ3v) is 2.31. The molecule has 5 nitrogen and oxygen atoms in total. The summed E-state index contributed by atoms with van der Waals surface area (Å²) in [7, 11) is 1.55. The van der Waals surface area contributed by atoms with Crippen LogP contribution in [0.25, 0.3) is 0 Å². The van der Waals surface area contributed by atoms with Crippen molar-refractivity contribution in [3.63, 3.8) is 0 Å². The number of hydrogen-bond donors (Lipinski definition) is 1. The number of amides is 1. The van der Waals surface area contributed by atoms with Gasteiger partial charge in [-0.1, -0.05) is 12.1 Å². The number of para-hydroxylation sites is 2. The monoisotopic (exact) mass is 232 g/mol. The molecule has 1 amide bonds. The van der Waals surface area contributed by atoms with Crippen molar-refractivity contribution in [2.75, 3.05) is 12.4 Å². The number of carbonyl (C=O) groups is 1. The van der Waals surface area contributed by atoms with E-state index in [1.807, 2.05) is 12.1 Å². The highest BCUT2D eigenvalue weighted by atomic mass is 16.5. The summed E-state index contributed by atoms with van der Waals surface area (Å²) in [5.74, 6) is 0.457. The highest BCUT2D eigenvalue weighted by Gasteiger charge is 2.15. The van der Waals surface area contributed by atoms with E-state index in [9.17, 15) is 4.79 Å². The second kappa shape index (κ2) is 4.69. The van der Waals surface area contributed by atoms with Crippen LogP contribution in [0.2, 0.25) is 0 Å². The number of carbonyl (C=O) groups excluding carboxylic acids is 1. The summed E-state index contributed by atoms with van der Waals surface area (Å²) < 4.78 is 10.1. The van der Waals surface area contributed by atoms with Crippen LogP contribution in [0.5, 0.6) is 5.75 Å². The first kappa shape index (κ1) is 11.2. The average molecular weight is 232 g/mol. The Hall–Kier alpha value is -2.30. The van der Waals surface area contributed by atoms with E-state index in [0.29, 0.717) is 17.1 Å². The van der Waals surface area contributed by atoms with Gasteiger partial charge in [0.2, 0.25) is 5.76 Å². The van der Waals surface area contributed by atoms with E-state index in [-0.39, 0.29) is 11.7 Å². The second-order valence-electron chi connectivity index (χ2n) is 3.42. The van der Waals surface area contributed by atoms with Crippen LogP contribution < -0.4 is 10.1 Å². The topological polar surface area (TPSA) is 64.4 Å². The molecule has 0 spiro atoms. The Morgan fingerprint density at radius 3 is 2.82 bits per heavy atom. The minimum absolute atomic E-state index is 0.205. The predicted octanol–water partition coefficient (Wildman–Crippen LogP) is 2.24. The van der Waals surface area contributed by atoms with E-state index in [4.69, 9.17) is 9.15 Å². The molecule has 1 heterocycles. The molecule has 1 aromatic carbocycles. The van der Waals surface area contributed by atoms with Crippen molar-refractivity contribution >= 4 is 11.6 Å². The van der Waals surface area contributed by atoms with Crippen molar-refractivity contribution in [3.05, 3.63) is 42.1 Å². The minimum atomic E-state index is -0.343. The maximum atomic E-state index is 11.9. The van der Waals surface area contributed by atoms with Crippen molar-refractivity contribution in [1.29, 1.82) is 0 Å². The molecule has 88 valence electrons. The molecule has 0 unspecified atom stereocenters. The van der Waals surface area contributed by atoms with E-state index in [1.54, 1.807) is 26.2 Å². The summed E-state index contributed by atoms with van der Waals surface area (Å²) in [6.45, 7) is 1.71. The van der Waals surface area contributed by atoms with Crippen LogP contribution in [-0.4, -0.2) is 18.0 Å². The van der Waals surface area contributed by atoms with Crippen molar-refractivity contribution in [2.24, 2.45) is 0 Å². The summed E-state index contributed by atoms with van der Waals surface area (Å²) in [6, 6.07) is 7.16. The van der Waals surface area contributed by atoms with Gasteiger partial charge < -0.3 is 14.5 Å². The molecule has 1 N–H and O–H groups in total. The number of benzene rings is 1. The Morgan fingerprint density at radius 1 is 1.41 bits per heavy atom. The number of methoxy groups -OCH3 is 1. The first-order valence-electron chi connectivity index (χ1n) is 5.07. The molecule has 5 heteroatoms. The highest BCUT2D eigenvalue weighted by molar-refractivity contribution is 6.03. The van der Waals surface area contributed by atoms with Gasteiger partial charge in [-0.2, -0.15) is 0 Å². The Balaban J connectivity index is 2.22. The van der Waals surface area contributed by atoms with Crippen molar-refractivity contribution in [1.82, 2.24) is 4.98 Å². The van der Waals surface area contributed by atoms with Crippen molar-refractivity contribution < 1.29 is 13.9 Å². The fourth-order valence-corrected chi connectivity index (χ4v) is 1.45. The fourth-order valence-electron chi connectivity index (χ4n) is 1.45. The van der Waals surface area contributed by atoms with Crippen molar-refractivity contribution in [2.45, 2.75) is 6.92 Å². The van der Waals surface area contributed by atoms with Crippen molar-refractivity contribution in [3.8, 4) is 5.75 Å². The number of aryl methyl sites for hydroxylation is 1. The van der Waals surface area contributed by atoms with E-state index < -0.39 is 0 Å². The van der Waals surface area contributed by atoms with Gasteiger partial charge in [0, 0.05) is 0 Å². The Labute approximate surface area is 98.4 Å². The SMILES string of the molecule is COc1ccccc1NC(=O)c1ocnc1C. The predicted molar refractivity (Wildman–Crippen MR) is 62.2 cm³/mol. The number of rotatable bonds is 3. The van der Waals surface area contributed by atoms with Crippen LogP contribution in [-0.2, 0) is 0 Å². The molecule has 2 aromatic rings. The first-order valence-corrected chi connectivity index (χ1v) is 5.07. The molecule has 0 aliphatic rings. The lowest BCUT2D eigenvalue weighted by molar-refractivity contribution is 0.0995. The zero-order valence-corrected chi connectivity index (χ0v) is 9.56. The minimum Gasteiger partial charge on any atom is -0.495 e. The third-order valence-electron chi connectivity index (χ3n) is 2.31. The molecule has 0 fully saturated rings. The molecule has 0 aliphatic heterocycles. The van der Waals surface area contributed by atoms with Crippen LogP contribution >= 0.6 is 0 Å². The smallest absolute Gasteiger partial charge is 0.293 e. The van der Waals surface area contributed by atoms with Gasteiger partial charge in [0.05, 0.1) is 18.5 Å². The van der Waals surface area contributed by atoms with Crippen LogP contribution in [0.1, 0.15) is 16.2 Å². The first-order chi connectivity index (χ1) is 8.22. The van der Waals surface area contributed by atoms with Gasteiger partial charge >= 0.3 is 0 Å². The van der Waals surface area contributed by atoms with E-state index in [1.165, 1.54) is 6.39 Å². The van der Waals surface area contributed by atoms with E-state index in [0.717, 1.165) is 0 Å². The lowest BCUT2D eigenvalue weighted by Gasteiger charge is -2.08. The molecule has 0 aliphatic carbocycles. The van der Waals surface area contributed by atoms with Crippen LogP contribution in [0.3, 0.4) is 0 Å². The highest BCUT2D eigenvalue weighted by Crippen LogP contribution is 2.23. The Morgan fingerprint density at radius 2 is 2.18 bits per heavy atom. The van der Waals surface area contributed by atoms with Gasteiger partial charge in [0.15, 0.2) is 6.39 Å². The number of anilines is 1. The van der Waals surface area contributed by atoms with E-state index >= 15 is 0 Å². The number of ether oxygens (including phenoxy) is 1. The van der Waals surface area contributed by atoms with Crippen LogP contribution in [0, 0.1) is 6.92 Å². The lowest BCUT2D eigenvalue weighted by atomic mass is 10.2. The summed E-state index contributed by atoms with van der Waals surface area (Å²) >= 11 is 0. The largest absolute Gasteiger partial charge is 0.495 e. The zero-order chi connectivity index (χ0) is 12.3. The van der Waals surface area contributed by atoms with E-state index in [2.05, 4.69) is 10.3 Å². The second-order valence-corrected chi connectivity index (χ2v) is 3.42. The summed E-state index contributed by atoms with van der Waals surface area (Å²) in [5, 5.41) is 2.71. The van der Waals surface area contributed by atoms with Gasteiger partial charge in [0.1, 0.15) is 5.75 Å². The molecule has 1 aromatic heterocycles. The molecular formula is C12H12N2O3.